The smallest absolute Gasteiger partial charge is 0.234 e. The Bertz CT molecular complexity index is 797. The number of aromatic nitrogens is 2. The lowest BCUT2D eigenvalue weighted by atomic mass is 10.3. The predicted molar refractivity (Wildman–Crippen MR) is 98.6 cm³/mol. The number of benzene rings is 2. The second kappa shape index (κ2) is 7.40. The summed E-state index contributed by atoms with van der Waals surface area (Å²) in [6, 6.07) is 15.2. The lowest BCUT2D eigenvalue weighted by molar-refractivity contribution is -0.113. The summed E-state index contributed by atoms with van der Waals surface area (Å²) >= 11 is 1.55. The summed E-state index contributed by atoms with van der Waals surface area (Å²) in [5, 5.41) is 2.99. The summed E-state index contributed by atoms with van der Waals surface area (Å²) in [5.41, 5.74) is 2.73. The topological polar surface area (TPSA) is 67.0 Å². The summed E-state index contributed by atoms with van der Waals surface area (Å²) < 4.78 is 5.10. The number of rotatable bonds is 6. The third-order valence-electron chi connectivity index (χ3n) is 3.63. The third kappa shape index (κ3) is 3.89. The maximum atomic E-state index is 12.1. The van der Waals surface area contributed by atoms with Crippen LogP contribution >= 0.6 is 11.8 Å². The molecule has 0 aliphatic heterocycles. The number of H-pyrrole nitrogens is 1. The van der Waals surface area contributed by atoms with Crippen molar-refractivity contribution in [2.75, 3.05) is 18.2 Å². The number of hydrogen-bond donors (Lipinski definition) is 2. The quantitative estimate of drug-likeness (QED) is 0.711. The lowest BCUT2D eigenvalue weighted by Crippen LogP contribution is -2.14. The normalized spacial score (nSPS) is 12.1. The Morgan fingerprint density at radius 2 is 2.00 bits per heavy atom. The predicted octanol–water partition coefficient (Wildman–Crippen LogP) is 4.00. The first kappa shape index (κ1) is 16.4. The Labute approximate surface area is 144 Å². The minimum absolute atomic E-state index is 0.0341. The number of thioether (sulfide) groups is 1. The van der Waals surface area contributed by atoms with Crippen molar-refractivity contribution in [3.05, 3.63) is 54.4 Å². The van der Waals surface area contributed by atoms with Gasteiger partial charge in [-0.3, -0.25) is 4.79 Å². The van der Waals surface area contributed by atoms with Gasteiger partial charge in [-0.1, -0.05) is 12.1 Å². The zero-order chi connectivity index (χ0) is 16.9. The van der Waals surface area contributed by atoms with Gasteiger partial charge in [-0.15, -0.1) is 11.8 Å². The molecule has 1 amide bonds. The van der Waals surface area contributed by atoms with E-state index in [1.807, 2.05) is 55.5 Å². The van der Waals surface area contributed by atoms with Crippen molar-refractivity contribution in [3.63, 3.8) is 0 Å². The zero-order valence-electron chi connectivity index (χ0n) is 13.6. The van der Waals surface area contributed by atoms with Crippen LogP contribution in [0.15, 0.2) is 48.5 Å². The number of methoxy groups -OCH3 is 1. The van der Waals surface area contributed by atoms with E-state index in [2.05, 4.69) is 15.3 Å². The summed E-state index contributed by atoms with van der Waals surface area (Å²) in [6.07, 6.45) is 0. The molecule has 124 valence electrons. The molecule has 0 saturated carbocycles. The second-order valence-electron chi connectivity index (χ2n) is 5.37. The van der Waals surface area contributed by atoms with E-state index >= 15 is 0 Å². The van der Waals surface area contributed by atoms with Gasteiger partial charge in [0.25, 0.3) is 0 Å². The molecule has 0 fully saturated rings. The van der Waals surface area contributed by atoms with Gasteiger partial charge >= 0.3 is 0 Å². The SMILES string of the molecule is COc1ccc(NC(=O)CS[C@H](C)c2nc3ccccc3[nH]2)cc1. The summed E-state index contributed by atoms with van der Waals surface area (Å²) in [6.45, 7) is 2.04. The maximum absolute atomic E-state index is 12.1. The fourth-order valence-corrected chi connectivity index (χ4v) is 3.06. The Morgan fingerprint density at radius 1 is 1.25 bits per heavy atom. The molecular formula is C18H19N3O2S. The molecule has 0 aliphatic carbocycles. The van der Waals surface area contributed by atoms with Gasteiger partial charge < -0.3 is 15.0 Å². The van der Waals surface area contributed by atoms with Gasteiger partial charge in [0.15, 0.2) is 0 Å². The van der Waals surface area contributed by atoms with Crippen molar-refractivity contribution in [3.8, 4) is 5.75 Å². The van der Waals surface area contributed by atoms with E-state index in [-0.39, 0.29) is 11.2 Å². The Kier molecular flexibility index (Phi) is 5.05. The van der Waals surface area contributed by atoms with Crippen LogP contribution in [0.3, 0.4) is 0 Å². The van der Waals surface area contributed by atoms with Crippen LogP contribution in [0.2, 0.25) is 0 Å². The molecule has 1 heterocycles. The first-order chi connectivity index (χ1) is 11.7. The van der Waals surface area contributed by atoms with E-state index in [1.54, 1.807) is 18.9 Å². The number of ether oxygens (including phenoxy) is 1. The number of carbonyl (C=O) groups is 1. The molecule has 1 atom stereocenters. The molecule has 2 aromatic carbocycles. The van der Waals surface area contributed by atoms with Crippen molar-refractivity contribution in [2.45, 2.75) is 12.2 Å². The van der Waals surface area contributed by atoms with Crippen LogP contribution in [0.1, 0.15) is 18.0 Å². The van der Waals surface area contributed by atoms with E-state index in [0.29, 0.717) is 5.75 Å². The number of anilines is 1. The molecule has 0 bridgehead atoms. The van der Waals surface area contributed by atoms with Crippen LogP contribution in [0, 0.1) is 0 Å². The van der Waals surface area contributed by atoms with Crippen LogP contribution < -0.4 is 10.1 Å². The maximum Gasteiger partial charge on any atom is 0.234 e. The van der Waals surface area contributed by atoms with Gasteiger partial charge in [0.05, 0.1) is 29.1 Å². The van der Waals surface area contributed by atoms with Gasteiger partial charge in [-0.05, 0) is 43.3 Å². The molecule has 24 heavy (non-hydrogen) atoms. The number of para-hydroxylation sites is 2. The number of nitrogens with zero attached hydrogens (tertiary/aromatic N) is 1. The number of aromatic amines is 1. The highest BCUT2D eigenvalue weighted by molar-refractivity contribution is 8.00. The zero-order valence-corrected chi connectivity index (χ0v) is 14.4. The largest absolute Gasteiger partial charge is 0.497 e. The summed E-state index contributed by atoms with van der Waals surface area (Å²) in [7, 11) is 1.61. The fourth-order valence-electron chi connectivity index (χ4n) is 2.32. The van der Waals surface area contributed by atoms with Crippen LogP contribution in [-0.2, 0) is 4.79 Å². The van der Waals surface area contributed by atoms with Crippen molar-refractivity contribution < 1.29 is 9.53 Å². The van der Waals surface area contributed by atoms with Crippen LogP contribution in [0.25, 0.3) is 11.0 Å². The minimum atomic E-state index is -0.0341. The number of nitrogens with one attached hydrogen (secondary N) is 2. The molecule has 6 heteroatoms. The molecule has 2 N–H and O–H groups in total. The van der Waals surface area contributed by atoms with Gasteiger partial charge in [0.2, 0.25) is 5.91 Å². The fraction of sp³-hybridized carbons (Fsp3) is 0.222. The van der Waals surface area contributed by atoms with Gasteiger partial charge in [0.1, 0.15) is 11.6 Å². The average Bonchev–Trinajstić information content (AvgIpc) is 3.04. The first-order valence-corrected chi connectivity index (χ1v) is 8.71. The van der Waals surface area contributed by atoms with Crippen LogP contribution in [0.5, 0.6) is 5.75 Å². The number of fused-ring (bicyclic) bond motifs is 1. The Hall–Kier alpha value is -2.47. The summed E-state index contributed by atoms with van der Waals surface area (Å²) in [5.74, 6) is 1.98. The van der Waals surface area contributed by atoms with E-state index in [4.69, 9.17) is 4.74 Å². The molecule has 0 radical (unpaired) electrons. The van der Waals surface area contributed by atoms with Crippen molar-refractivity contribution >= 4 is 34.4 Å². The average molecular weight is 341 g/mol. The second-order valence-corrected chi connectivity index (χ2v) is 6.70. The van der Waals surface area contributed by atoms with Crippen LogP contribution in [-0.4, -0.2) is 28.7 Å². The Balaban J connectivity index is 1.54. The van der Waals surface area contributed by atoms with Crippen molar-refractivity contribution in [2.24, 2.45) is 0 Å². The minimum Gasteiger partial charge on any atom is -0.497 e. The number of hydrogen-bond acceptors (Lipinski definition) is 4. The first-order valence-electron chi connectivity index (χ1n) is 7.66. The number of imidazole rings is 1. The molecule has 0 spiro atoms. The molecule has 0 unspecified atom stereocenters. The molecule has 3 rings (SSSR count). The molecule has 0 aliphatic rings. The molecule has 3 aromatic rings. The highest BCUT2D eigenvalue weighted by Gasteiger charge is 2.13. The van der Waals surface area contributed by atoms with E-state index in [0.717, 1.165) is 28.3 Å². The standard InChI is InChI=1S/C18H19N3O2S/c1-12(18-20-15-5-3-4-6-16(15)21-18)24-11-17(22)19-13-7-9-14(23-2)10-8-13/h3-10,12H,11H2,1-2H3,(H,19,22)(H,20,21)/t12-/m1/s1. The number of amides is 1. The van der Waals surface area contributed by atoms with E-state index < -0.39 is 0 Å². The lowest BCUT2D eigenvalue weighted by Gasteiger charge is -2.09. The highest BCUT2D eigenvalue weighted by Crippen LogP contribution is 2.27. The van der Waals surface area contributed by atoms with Gasteiger partial charge in [0, 0.05) is 5.69 Å². The number of carbonyl (C=O) groups excluding carboxylic acids is 1. The van der Waals surface area contributed by atoms with Crippen LogP contribution in [0.4, 0.5) is 5.69 Å². The highest BCUT2D eigenvalue weighted by atomic mass is 32.2. The van der Waals surface area contributed by atoms with Gasteiger partial charge in [-0.2, -0.15) is 0 Å². The van der Waals surface area contributed by atoms with Crippen molar-refractivity contribution in [1.29, 1.82) is 0 Å². The van der Waals surface area contributed by atoms with E-state index in [1.165, 1.54) is 0 Å². The van der Waals surface area contributed by atoms with Gasteiger partial charge in [-0.25, -0.2) is 4.98 Å². The molecule has 0 saturated heterocycles. The van der Waals surface area contributed by atoms with Crippen molar-refractivity contribution in [1.82, 2.24) is 9.97 Å². The summed E-state index contributed by atoms with van der Waals surface area (Å²) in [4.78, 5) is 20.0. The molecule has 5 nitrogen and oxygen atoms in total. The third-order valence-corrected chi connectivity index (χ3v) is 4.78. The molecule has 1 aromatic heterocycles. The Morgan fingerprint density at radius 3 is 2.71 bits per heavy atom. The van der Waals surface area contributed by atoms with E-state index in [9.17, 15) is 4.79 Å². The molecular weight excluding hydrogens is 322 g/mol. The monoisotopic (exact) mass is 341 g/mol.